The van der Waals surface area contributed by atoms with Crippen molar-refractivity contribution in [3.63, 3.8) is 0 Å². The molecule has 0 amide bonds. The van der Waals surface area contributed by atoms with Crippen molar-refractivity contribution < 1.29 is 10.2 Å². The van der Waals surface area contributed by atoms with Gasteiger partial charge in [-0.05, 0) is 42.2 Å². The molecule has 1 atom stereocenters. The topological polar surface area (TPSA) is 40.5 Å². The molecule has 22 heavy (non-hydrogen) atoms. The molecule has 0 aliphatic rings. The summed E-state index contributed by atoms with van der Waals surface area (Å²) in [6, 6.07) is 15.3. The summed E-state index contributed by atoms with van der Waals surface area (Å²) >= 11 is 5.89. The first-order valence-corrected chi connectivity index (χ1v) is 7.60. The van der Waals surface area contributed by atoms with Gasteiger partial charge in [0.1, 0.15) is 5.60 Å². The lowest BCUT2D eigenvalue weighted by Gasteiger charge is -2.17. The summed E-state index contributed by atoms with van der Waals surface area (Å²) in [7, 11) is 0. The van der Waals surface area contributed by atoms with Crippen molar-refractivity contribution in [2.45, 2.75) is 25.4 Å². The summed E-state index contributed by atoms with van der Waals surface area (Å²) in [5.74, 6) is 5.76. The minimum atomic E-state index is -1.19. The monoisotopic (exact) mass is 314 g/mol. The van der Waals surface area contributed by atoms with Gasteiger partial charge in [-0.3, -0.25) is 0 Å². The van der Waals surface area contributed by atoms with Gasteiger partial charge in [0, 0.05) is 18.1 Å². The highest BCUT2D eigenvalue weighted by Gasteiger charge is 2.19. The van der Waals surface area contributed by atoms with Gasteiger partial charge in [0.05, 0.1) is 0 Å². The lowest BCUT2D eigenvalue weighted by atomic mass is 9.94. The fraction of sp³-hybridized carbons (Fsp3) is 0.263. The van der Waals surface area contributed by atoms with Crippen molar-refractivity contribution >= 4 is 11.6 Å². The van der Waals surface area contributed by atoms with Crippen LogP contribution in [0.5, 0.6) is 0 Å². The number of benzene rings is 2. The first-order chi connectivity index (χ1) is 10.5. The van der Waals surface area contributed by atoms with E-state index in [0.29, 0.717) is 17.9 Å². The second-order valence-electron chi connectivity index (χ2n) is 5.29. The number of hydrogen-bond donors (Lipinski definition) is 2. The Morgan fingerprint density at radius 1 is 1.00 bits per heavy atom. The third-order valence-electron chi connectivity index (χ3n) is 3.42. The molecule has 114 valence electrons. The maximum atomic E-state index is 10.4. The van der Waals surface area contributed by atoms with Gasteiger partial charge < -0.3 is 10.2 Å². The quantitative estimate of drug-likeness (QED) is 0.661. The van der Waals surface area contributed by atoms with E-state index < -0.39 is 5.60 Å². The molecule has 2 rings (SSSR count). The molecule has 2 aromatic carbocycles. The molecule has 2 nitrogen and oxygen atoms in total. The summed E-state index contributed by atoms with van der Waals surface area (Å²) < 4.78 is 0. The van der Waals surface area contributed by atoms with E-state index in [9.17, 15) is 5.11 Å². The third-order valence-corrected chi connectivity index (χ3v) is 3.67. The minimum absolute atomic E-state index is 0.118. The van der Waals surface area contributed by atoms with E-state index >= 15 is 0 Å². The average Bonchev–Trinajstić information content (AvgIpc) is 2.52. The maximum absolute atomic E-state index is 10.4. The van der Waals surface area contributed by atoms with E-state index in [0.717, 1.165) is 16.7 Å². The van der Waals surface area contributed by atoms with Gasteiger partial charge in [-0.1, -0.05) is 59.8 Å². The highest BCUT2D eigenvalue weighted by Crippen LogP contribution is 2.25. The largest absolute Gasteiger partial charge is 0.396 e. The van der Waals surface area contributed by atoms with Gasteiger partial charge in [0.15, 0.2) is 0 Å². The first kappa shape index (κ1) is 16.6. The Labute approximate surface area is 136 Å². The summed E-state index contributed by atoms with van der Waals surface area (Å²) in [4.78, 5) is 0. The number of aliphatic hydroxyl groups is 2. The van der Waals surface area contributed by atoms with Gasteiger partial charge in [-0.15, -0.1) is 0 Å². The lowest BCUT2D eigenvalue weighted by molar-refractivity contribution is 0.122. The zero-order chi connectivity index (χ0) is 16.0. The van der Waals surface area contributed by atoms with Crippen LogP contribution < -0.4 is 0 Å². The van der Waals surface area contributed by atoms with E-state index in [2.05, 4.69) is 11.8 Å². The maximum Gasteiger partial charge on any atom is 0.148 e. The molecule has 0 bridgehead atoms. The Kier molecular flexibility index (Phi) is 5.63. The molecule has 0 fully saturated rings. The molecule has 0 radical (unpaired) electrons. The standard InChI is InChI=1S/C19H19ClO2/c1-19(22,13-3-2-4-14-21)17-9-5-15(6-10-17)16-7-11-18(20)12-8-16/h5-12,21-22H,2,4,14H2,1H3. The van der Waals surface area contributed by atoms with Gasteiger partial charge in [0.25, 0.3) is 0 Å². The SMILES string of the molecule is CC(O)(C#CCCCO)c1ccc(-c2ccc(Cl)cc2)cc1. The molecule has 0 aliphatic carbocycles. The second-order valence-corrected chi connectivity index (χ2v) is 5.72. The predicted molar refractivity (Wildman–Crippen MR) is 90.6 cm³/mol. The van der Waals surface area contributed by atoms with E-state index in [1.54, 1.807) is 6.92 Å². The van der Waals surface area contributed by atoms with E-state index in [1.807, 2.05) is 48.5 Å². The van der Waals surface area contributed by atoms with Crippen molar-refractivity contribution in [1.82, 2.24) is 0 Å². The molecular weight excluding hydrogens is 296 g/mol. The van der Waals surface area contributed by atoms with Crippen molar-refractivity contribution in [3.05, 3.63) is 59.1 Å². The zero-order valence-electron chi connectivity index (χ0n) is 12.5. The molecule has 3 heteroatoms. The molecular formula is C19H19ClO2. The van der Waals surface area contributed by atoms with E-state index in [4.69, 9.17) is 16.7 Å². The molecule has 2 N–H and O–H groups in total. The fourth-order valence-corrected chi connectivity index (χ4v) is 2.23. The van der Waals surface area contributed by atoms with Gasteiger partial charge in [-0.2, -0.15) is 0 Å². The Morgan fingerprint density at radius 3 is 2.09 bits per heavy atom. The number of rotatable bonds is 4. The molecule has 0 heterocycles. The summed E-state index contributed by atoms with van der Waals surface area (Å²) in [5.41, 5.74) is 1.70. The normalized spacial score (nSPS) is 13.1. The Morgan fingerprint density at radius 2 is 1.55 bits per heavy atom. The fourth-order valence-electron chi connectivity index (χ4n) is 2.10. The van der Waals surface area contributed by atoms with Gasteiger partial charge in [0.2, 0.25) is 0 Å². The Hall–Kier alpha value is -1.79. The van der Waals surface area contributed by atoms with Crippen molar-refractivity contribution in [2.75, 3.05) is 6.61 Å². The zero-order valence-corrected chi connectivity index (χ0v) is 13.3. The highest BCUT2D eigenvalue weighted by atomic mass is 35.5. The van der Waals surface area contributed by atoms with Crippen molar-refractivity contribution in [1.29, 1.82) is 0 Å². The Balaban J connectivity index is 2.16. The molecule has 2 aromatic rings. The Bertz CT molecular complexity index is 661. The number of hydrogen-bond acceptors (Lipinski definition) is 2. The van der Waals surface area contributed by atoms with Crippen LogP contribution in [-0.2, 0) is 5.60 Å². The van der Waals surface area contributed by atoms with Crippen LogP contribution in [0.4, 0.5) is 0 Å². The lowest BCUT2D eigenvalue weighted by Crippen LogP contribution is -2.18. The van der Waals surface area contributed by atoms with Crippen LogP contribution in [0.3, 0.4) is 0 Å². The molecule has 0 spiro atoms. The van der Waals surface area contributed by atoms with Gasteiger partial charge in [-0.25, -0.2) is 0 Å². The van der Waals surface area contributed by atoms with Crippen LogP contribution in [0, 0.1) is 11.8 Å². The minimum Gasteiger partial charge on any atom is -0.396 e. The smallest absolute Gasteiger partial charge is 0.148 e. The van der Waals surface area contributed by atoms with E-state index in [1.165, 1.54) is 0 Å². The van der Waals surface area contributed by atoms with Gasteiger partial charge >= 0.3 is 0 Å². The second kappa shape index (κ2) is 7.47. The van der Waals surface area contributed by atoms with E-state index in [-0.39, 0.29) is 6.61 Å². The van der Waals surface area contributed by atoms with Crippen LogP contribution >= 0.6 is 11.6 Å². The predicted octanol–water partition coefficient (Wildman–Crippen LogP) is 3.99. The van der Waals surface area contributed by atoms with Crippen LogP contribution in [0.2, 0.25) is 5.02 Å². The highest BCUT2D eigenvalue weighted by molar-refractivity contribution is 6.30. The molecule has 0 saturated heterocycles. The molecule has 0 aliphatic heterocycles. The number of halogens is 1. The van der Waals surface area contributed by atoms with Crippen molar-refractivity contribution in [2.24, 2.45) is 0 Å². The summed E-state index contributed by atoms with van der Waals surface area (Å²) in [5, 5.41) is 19.9. The summed E-state index contributed by atoms with van der Waals surface area (Å²) in [6.07, 6.45) is 1.20. The third kappa shape index (κ3) is 4.35. The van der Waals surface area contributed by atoms with Crippen LogP contribution in [0.1, 0.15) is 25.3 Å². The number of aliphatic hydroxyl groups excluding tert-OH is 1. The summed E-state index contributed by atoms with van der Waals surface area (Å²) in [6.45, 7) is 1.79. The molecule has 0 saturated carbocycles. The average molecular weight is 315 g/mol. The van der Waals surface area contributed by atoms with Crippen LogP contribution in [-0.4, -0.2) is 16.8 Å². The van der Waals surface area contributed by atoms with Crippen LogP contribution in [0.25, 0.3) is 11.1 Å². The molecule has 0 aromatic heterocycles. The molecule has 1 unspecified atom stereocenters. The first-order valence-electron chi connectivity index (χ1n) is 7.23. The number of unbranched alkanes of at least 4 members (excludes halogenated alkanes) is 1. The van der Waals surface area contributed by atoms with Crippen LogP contribution in [0.15, 0.2) is 48.5 Å². The van der Waals surface area contributed by atoms with Crippen molar-refractivity contribution in [3.8, 4) is 23.0 Å².